The second kappa shape index (κ2) is 2.27. The molecule has 1 saturated heterocycles. The van der Waals surface area contributed by atoms with E-state index in [0.29, 0.717) is 0 Å². The van der Waals surface area contributed by atoms with Crippen molar-refractivity contribution in [2.75, 3.05) is 13.3 Å². The van der Waals surface area contributed by atoms with Crippen molar-refractivity contribution >= 4 is 17.9 Å². The van der Waals surface area contributed by atoms with Gasteiger partial charge >= 0.3 is 6.09 Å². The van der Waals surface area contributed by atoms with Crippen molar-refractivity contribution in [1.29, 1.82) is 0 Å². The molecule has 0 bridgehead atoms. The van der Waals surface area contributed by atoms with Crippen molar-refractivity contribution in [3.63, 3.8) is 0 Å². The van der Waals surface area contributed by atoms with Gasteiger partial charge in [-0.1, -0.05) is 0 Å². The van der Waals surface area contributed by atoms with E-state index < -0.39 is 18.3 Å². The van der Waals surface area contributed by atoms with Crippen LogP contribution in [-0.4, -0.2) is 29.3 Å². The molecule has 0 aromatic carbocycles. The number of alkyl halides is 1. The van der Waals surface area contributed by atoms with Gasteiger partial charge in [0.15, 0.2) is 0 Å². The van der Waals surface area contributed by atoms with Gasteiger partial charge in [0.1, 0.15) is 18.8 Å². The van der Waals surface area contributed by atoms with Gasteiger partial charge in [-0.15, -0.1) is 0 Å². The van der Waals surface area contributed by atoms with Crippen molar-refractivity contribution in [3.8, 4) is 0 Å². The molecule has 0 spiro atoms. The lowest BCUT2D eigenvalue weighted by atomic mass is 10.1. The van der Waals surface area contributed by atoms with Crippen molar-refractivity contribution in [2.24, 2.45) is 0 Å². The molecule has 1 atom stereocenters. The Morgan fingerprint density at radius 3 is 2.80 bits per heavy atom. The molecule has 58 valence electrons. The van der Waals surface area contributed by atoms with Gasteiger partial charge in [0.05, 0.1) is 0 Å². The first-order chi connectivity index (χ1) is 4.60. The number of halogens is 2. The number of nitrogens with zero attached hydrogens (tertiary/aromatic N) is 1. The fourth-order valence-electron chi connectivity index (χ4n) is 0.642. The zero-order valence-corrected chi connectivity index (χ0v) is 6.19. The molecule has 1 fully saturated rings. The maximum Gasteiger partial charge on any atom is 0.425 e. The average molecular weight is 168 g/mol. The van der Waals surface area contributed by atoms with Crippen LogP contribution in [0.4, 0.5) is 9.18 Å². The van der Waals surface area contributed by atoms with Crippen LogP contribution in [0.5, 0.6) is 0 Å². The fourth-order valence-corrected chi connectivity index (χ4v) is 0.785. The van der Waals surface area contributed by atoms with Crippen molar-refractivity contribution in [1.82, 2.24) is 4.42 Å². The Morgan fingerprint density at radius 1 is 2.00 bits per heavy atom. The van der Waals surface area contributed by atoms with E-state index in [1.54, 1.807) is 0 Å². The van der Waals surface area contributed by atoms with E-state index >= 15 is 0 Å². The van der Waals surface area contributed by atoms with Gasteiger partial charge in [0, 0.05) is 11.8 Å². The molecule has 1 aliphatic rings. The molecule has 1 rings (SSSR count). The molecule has 0 aliphatic carbocycles. The molecule has 3 nitrogen and oxygen atoms in total. The van der Waals surface area contributed by atoms with E-state index in [9.17, 15) is 9.18 Å². The van der Waals surface area contributed by atoms with E-state index in [-0.39, 0.29) is 6.61 Å². The van der Waals surface area contributed by atoms with Gasteiger partial charge in [0.25, 0.3) is 0 Å². The molecule has 0 aromatic heterocycles. The predicted molar refractivity (Wildman–Crippen MR) is 33.4 cm³/mol. The van der Waals surface area contributed by atoms with E-state index in [2.05, 4.69) is 4.74 Å². The summed E-state index contributed by atoms with van der Waals surface area (Å²) in [5, 5.41) is 0. The monoisotopic (exact) mass is 167 g/mol. The zero-order chi connectivity index (χ0) is 7.78. The Bertz CT molecular complexity index is 166. The number of hydrogen-bond donors (Lipinski definition) is 0. The Kier molecular flexibility index (Phi) is 1.72. The lowest BCUT2D eigenvalue weighted by molar-refractivity contribution is 0.169. The summed E-state index contributed by atoms with van der Waals surface area (Å²) in [5.74, 6) is 0. The highest BCUT2D eigenvalue weighted by Gasteiger charge is 2.43. The van der Waals surface area contributed by atoms with Crippen LogP contribution in [0.25, 0.3) is 0 Å². The smallest absolute Gasteiger partial charge is 0.425 e. The van der Waals surface area contributed by atoms with Gasteiger partial charge in [0.2, 0.25) is 0 Å². The molecule has 0 N–H and O–H groups in total. The number of rotatable bonds is 1. The first-order valence-electron chi connectivity index (χ1n) is 2.79. The van der Waals surface area contributed by atoms with Crippen LogP contribution in [-0.2, 0) is 4.74 Å². The van der Waals surface area contributed by atoms with Gasteiger partial charge in [-0.2, -0.15) is 0 Å². The standard InChI is InChI=1S/C5H7ClFNO2/c1-5(2-7)3-10-4(9)8(5)6/h2-3H2,1H3/t5-/m1/s1. The molecule has 0 aromatic rings. The number of amides is 1. The average Bonchev–Trinajstić information content (AvgIpc) is 2.19. The van der Waals surface area contributed by atoms with Gasteiger partial charge in [-0.05, 0) is 6.92 Å². The Balaban J connectivity index is 2.73. The third-order valence-electron chi connectivity index (χ3n) is 1.43. The lowest BCUT2D eigenvalue weighted by Crippen LogP contribution is -2.40. The molecule has 10 heavy (non-hydrogen) atoms. The summed E-state index contributed by atoms with van der Waals surface area (Å²) < 4.78 is 17.4. The minimum Gasteiger partial charge on any atom is -0.446 e. The lowest BCUT2D eigenvalue weighted by Gasteiger charge is -2.21. The number of carbonyl (C=O) groups is 1. The molecule has 1 amide bonds. The molecular formula is C5H7ClFNO2. The van der Waals surface area contributed by atoms with E-state index in [4.69, 9.17) is 11.8 Å². The first-order valence-corrected chi connectivity index (χ1v) is 3.13. The largest absolute Gasteiger partial charge is 0.446 e. The van der Waals surface area contributed by atoms with Crippen LogP contribution >= 0.6 is 11.8 Å². The highest BCUT2D eigenvalue weighted by Crippen LogP contribution is 2.26. The second-order valence-electron chi connectivity index (χ2n) is 2.47. The third-order valence-corrected chi connectivity index (χ3v) is 1.97. The van der Waals surface area contributed by atoms with Crippen molar-refractivity contribution in [3.05, 3.63) is 0 Å². The van der Waals surface area contributed by atoms with Gasteiger partial charge in [-0.25, -0.2) is 13.6 Å². The Labute approximate surface area is 62.8 Å². The summed E-state index contributed by atoms with van der Waals surface area (Å²) in [6.45, 7) is 0.846. The highest BCUT2D eigenvalue weighted by molar-refractivity contribution is 6.21. The Hall–Kier alpha value is -0.510. The summed E-state index contributed by atoms with van der Waals surface area (Å²) in [6, 6.07) is 0. The van der Waals surface area contributed by atoms with E-state index in [1.807, 2.05) is 0 Å². The summed E-state index contributed by atoms with van der Waals surface area (Å²) in [6.07, 6.45) is -0.679. The molecule has 1 aliphatic heterocycles. The number of hydrogen-bond acceptors (Lipinski definition) is 2. The van der Waals surface area contributed by atoms with Crippen LogP contribution in [0.15, 0.2) is 0 Å². The minimum atomic E-state index is -0.974. The van der Waals surface area contributed by atoms with E-state index in [1.165, 1.54) is 6.92 Å². The van der Waals surface area contributed by atoms with Crippen LogP contribution in [0, 0.1) is 0 Å². The third kappa shape index (κ3) is 0.923. The second-order valence-corrected chi connectivity index (χ2v) is 2.80. The molecule has 0 radical (unpaired) electrons. The topological polar surface area (TPSA) is 29.5 Å². The van der Waals surface area contributed by atoms with E-state index in [0.717, 1.165) is 4.42 Å². The van der Waals surface area contributed by atoms with Crippen LogP contribution in [0.1, 0.15) is 6.92 Å². The molecular weight excluding hydrogens is 161 g/mol. The van der Waals surface area contributed by atoms with Crippen molar-refractivity contribution in [2.45, 2.75) is 12.5 Å². The number of ether oxygens (including phenoxy) is 1. The minimum absolute atomic E-state index is 0.0197. The summed E-state index contributed by atoms with van der Waals surface area (Å²) in [5.41, 5.74) is -0.974. The molecule has 1 heterocycles. The zero-order valence-electron chi connectivity index (χ0n) is 5.43. The van der Waals surface area contributed by atoms with Crippen LogP contribution < -0.4 is 0 Å². The maximum absolute atomic E-state index is 12.1. The quantitative estimate of drug-likeness (QED) is 0.552. The summed E-state index contributed by atoms with van der Waals surface area (Å²) in [7, 11) is 0. The summed E-state index contributed by atoms with van der Waals surface area (Å²) in [4.78, 5) is 10.6. The summed E-state index contributed by atoms with van der Waals surface area (Å²) >= 11 is 5.39. The number of carbonyl (C=O) groups excluding carboxylic acids is 1. The maximum atomic E-state index is 12.1. The Morgan fingerprint density at radius 2 is 2.60 bits per heavy atom. The molecule has 5 heteroatoms. The SMILES string of the molecule is C[C@@]1(CF)COC(=O)N1Cl. The van der Waals surface area contributed by atoms with Gasteiger partial charge < -0.3 is 4.74 Å². The number of cyclic esters (lactones) is 1. The molecule has 0 unspecified atom stereocenters. The first kappa shape index (κ1) is 7.60. The predicted octanol–water partition coefficient (Wildman–Crippen LogP) is 1.32. The molecule has 0 saturated carbocycles. The normalized spacial score (nSPS) is 32.7. The highest BCUT2D eigenvalue weighted by atomic mass is 35.5. The fraction of sp³-hybridized carbons (Fsp3) is 0.800. The van der Waals surface area contributed by atoms with Crippen LogP contribution in [0.2, 0.25) is 0 Å². The van der Waals surface area contributed by atoms with Gasteiger partial charge in [-0.3, -0.25) is 0 Å². The van der Waals surface area contributed by atoms with Crippen molar-refractivity contribution < 1.29 is 13.9 Å². The van der Waals surface area contributed by atoms with Crippen LogP contribution in [0.3, 0.4) is 0 Å².